The van der Waals surface area contributed by atoms with E-state index in [0.29, 0.717) is 6.42 Å². The van der Waals surface area contributed by atoms with E-state index in [0.717, 1.165) is 19.4 Å². The number of hydrogen-bond acceptors (Lipinski definition) is 2. The molecule has 1 aromatic heterocycles. The van der Waals surface area contributed by atoms with E-state index in [4.69, 9.17) is 5.26 Å². The third-order valence-corrected chi connectivity index (χ3v) is 2.57. The van der Waals surface area contributed by atoms with Crippen molar-refractivity contribution < 1.29 is 0 Å². The molecule has 0 bridgehead atoms. The molecule has 0 N–H and O–H groups in total. The van der Waals surface area contributed by atoms with Gasteiger partial charge >= 0.3 is 0 Å². The number of nitriles is 1. The van der Waals surface area contributed by atoms with Crippen LogP contribution in [0.4, 0.5) is 0 Å². The zero-order valence-corrected chi connectivity index (χ0v) is 7.66. The second-order valence-electron chi connectivity index (χ2n) is 3.45. The highest BCUT2D eigenvalue weighted by Crippen LogP contribution is 2.19. The summed E-state index contributed by atoms with van der Waals surface area (Å²) >= 11 is 0. The molecule has 1 aliphatic rings. The van der Waals surface area contributed by atoms with Gasteiger partial charge in [0.1, 0.15) is 0 Å². The Morgan fingerprint density at radius 1 is 1.46 bits per heavy atom. The zero-order valence-electron chi connectivity index (χ0n) is 7.66. The molecule has 1 aromatic rings. The summed E-state index contributed by atoms with van der Waals surface area (Å²) in [5.41, 5.74) is 2.62. The monoisotopic (exact) mass is 175 g/mol. The minimum absolute atomic E-state index is 0.586. The average Bonchev–Trinajstić information content (AvgIpc) is 2.58. The molecule has 0 aromatic carbocycles. The molecule has 0 radical (unpaired) electrons. The number of hydrogen-bond donors (Lipinski definition) is 0. The first-order chi connectivity index (χ1) is 6.42. The van der Waals surface area contributed by atoms with Crippen molar-refractivity contribution in [1.29, 1.82) is 5.26 Å². The molecule has 0 amide bonds. The SMILES string of the molecule is N#CCCn1cnc2c1CCCC2. The topological polar surface area (TPSA) is 41.6 Å². The van der Waals surface area contributed by atoms with Crippen molar-refractivity contribution in [3.8, 4) is 6.07 Å². The van der Waals surface area contributed by atoms with Crippen LogP contribution in [-0.4, -0.2) is 9.55 Å². The number of nitrogens with zero attached hydrogens (tertiary/aromatic N) is 3. The van der Waals surface area contributed by atoms with Crippen LogP contribution in [0.3, 0.4) is 0 Å². The van der Waals surface area contributed by atoms with Crippen LogP contribution in [0.2, 0.25) is 0 Å². The first-order valence-corrected chi connectivity index (χ1v) is 4.81. The fraction of sp³-hybridized carbons (Fsp3) is 0.600. The van der Waals surface area contributed by atoms with Crippen LogP contribution in [0.15, 0.2) is 6.33 Å². The quantitative estimate of drug-likeness (QED) is 0.686. The second-order valence-corrected chi connectivity index (χ2v) is 3.45. The van der Waals surface area contributed by atoms with Gasteiger partial charge in [0.05, 0.1) is 24.5 Å². The van der Waals surface area contributed by atoms with Gasteiger partial charge in [-0.3, -0.25) is 0 Å². The number of aromatic nitrogens is 2. The standard InChI is InChI=1S/C10H13N3/c11-6-3-7-13-8-12-9-4-1-2-5-10(9)13/h8H,1-5,7H2. The highest BCUT2D eigenvalue weighted by Gasteiger charge is 2.14. The molecular formula is C10H13N3. The van der Waals surface area contributed by atoms with Gasteiger partial charge in [-0.1, -0.05) is 0 Å². The van der Waals surface area contributed by atoms with Crippen molar-refractivity contribution >= 4 is 0 Å². The molecule has 0 unspecified atom stereocenters. The van der Waals surface area contributed by atoms with Gasteiger partial charge in [-0.15, -0.1) is 0 Å². The Morgan fingerprint density at radius 3 is 3.15 bits per heavy atom. The van der Waals surface area contributed by atoms with Crippen LogP contribution < -0.4 is 0 Å². The summed E-state index contributed by atoms with van der Waals surface area (Å²) in [5, 5.41) is 8.49. The van der Waals surface area contributed by atoms with Crippen molar-refractivity contribution in [3.63, 3.8) is 0 Å². The molecule has 0 saturated carbocycles. The molecule has 3 heteroatoms. The molecule has 1 aliphatic carbocycles. The van der Waals surface area contributed by atoms with Crippen LogP contribution in [0.1, 0.15) is 30.7 Å². The van der Waals surface area contributed by atoms with E-state index in [9.17, 15) is 0 Å². The Kier molecular flexibility index (Phi) is 2.31. The van der Waals surface area contributed by atoms with Gasteiger partial charge in [0.25, 0.3) is 0 Å². The molecule has 3 nitrogen and oxygen atoms in total. The van der Waals surface area contributed by atoms with Gasteiger partial charge in [-0.25, -0.2) is 4.98 Å². The summed E-state index contributed by atoms with van der Waals surface area (Å²) < 4.78 is 2.14. The molecular weight excluding hydrogens is 162 g/mol. The number of imidazole rings is 1. The van der Waals surface area contributed by atoms with Crippen LogP contribution >= 0.6 is 0 Å². The molecule has 0 aliphatic heterocycles. The van der Waals surface area contributed by atoms with Gasteiger partial charge in [0, 0.05) is 12.2 Å². The maximum atomic E-state index is 8.49. The minimum atomic E-state index is 0.586. The summed E-state index contributed by atoms with van der Waals surface area (Å²) in [6.07, 6.45) is 7.26. The Balaban J connectivity index is 2.18. The largest absolute Gasteiger partial charge is 0.333 e. The van der Waals surface area contributed by atoms with Crippen LogP contribution in [0, 0.1) is 11.3 Å². The van der Waals surface area contributed by atoms with Gasteiger partial charge in [-0.2, -0.15) is 5.26 Å². The maximum absolute atomic E-state index is 8.49. The van der Waals surface area contributed by atoms with E-state index in [1.807, 2.05) is 6.33 Å². The summed E-state index contributed by atoms with van der Waals surface area (Å²) in [6.45, 7) is 0.804. The van der Waals surface area contributed by atoms with E-state index in [-0.39, 0.29) is 0 Å². The molecule has 0 saturated heterocycles. The van der Waals surface area contributed by atoms with Crippen LogP contribution in [-0.2, 0) is 19.4 Å². The lowest BCUT2D eigenvalue weighted by atomic mass is 10.0. The molecule has 0 spiro atoms. The zero-order chi connectivity index (χ0) is 9.10. The summed E-state index contributed by atoms with van der Waals surface area (Å²) in [4.78, 5) is 4.36. The lowest BCUT2D eigenvalue weighted by molar-refractivity contribution is 0.608. The minimum Gasteiger partial charge on any atom is -0.333 e. The van der Waals surface area contributed by atoms with Crippen molar-refractivity contribution in [2.75, 3.05) is 0 Å². The lowest BCUT2D eigenvalue weighted by Crippen LogP contribution is -2.08. The highest BCUT2D eigenvalue weighted by molar-refractivity contribution is 5.16. The molecule has 0 atom stereocenters. The smallest absolute Gasteiger partial charge is 0.0951 e. The van der Waals surface area contributed by atoms with Gasteiger partial charge < -0.3 is 4.57 Å². The third-order valence-electron chi connectivity index (χ3n) is 2.57. The molecule has 1 heterocycles. The van der Waals surface area contributed by atoms with E-state index in [2.05, 4.69) is 15.6 Å². The fourth-order valence-corrected chi connectivity index (χ4v) is 1.89. The number of rotatable bonds is 2. The normalized spacial score (nSPS) is 15.0. The second kappa shape index (κ2) is 3.61. The first-order valence-electron chi connectivity index (χ1n) is 4.81. The molecule has 13 heavy (non-hydrogen) atoms. The van der Waals surface area contributed by atoms with Crippen molar-refractivity contribution in [2.45, 2.75) is 38.6 Å². The average molecular weight is 175 g/mol. The third kappa shape index (κ3) is 1.57. The predicted molar refractivity (Wildman–Crippen MR) is 49.1 cm³/mol. The highest BCUT2D eigenvalue weighted by atomic mass is 15.1. The van der Waals surface area contributed by atoms with E-state index in [1.54, 1.807) is 0 Å². The Bertz CT molecular complexity index is 332. The number of fused-ring (bicyclic) bond motifs is 1. The van der Waals surface area contributed by atoms with Crippen molar-refractivity contribution in [3.05, 3.63) is 17.7 Å². The van der Waals surface area contributed by atoms with Gasteiger partial charge in [-0.05, 0) is 25.7 Å². The Hall–Kier alpha value is -1.30. The molecule has 0 fully saturated rings. The Morgan fingerprint density at radius 2 is 2.31 bits per heavy atom. The van der Waals surface area contributed by atoms with Crippen molar-refractivity contribution in [2.24, 2.45) is 0 Å². The van der Waals surface area contributed by atoms with Crippen LogP contribution in [0.5, 0.6) is 0 Å². The van der Waals surface area contributed by atoms with E-state index >= 15 is 0 Å². The number of aryl methyl sites for hydroxylation is 2. The fourth-order valence-electron chi connectivity index (χ4n) is 1.89. The summed E-state index contributed by atoms with van der Waals surface area (Å²) in [6, 6.07) is 2.16. The summed E-state index contributed by atoms with van der Waals surface area (Å²) in [5.74, 6) is 0. The van der Waals surface area contributed by atoms with Crippen molar-refractivity contribution in [1.82, 2.24) is 9.55 Å². The van der Waals surface area contributed by atoms with Gasteiger partial charge in [0.15, 0.2) is 0 Å². The molecule has 68 valence electrons. The lowest BCUT2D eigenvalue weighted by Gasteiger charge is -2.12. The van der Waals surface area contributed by atoms with E-state index < -0.39 is 0 Å². The maximum Gasteiger partial charge on any atom is 0.0951 e. The van der Waals surface area contributed by atoms with Gasteiger partial charge in [0.2, 0.25) is 0 Å². The first kappa shape index (κ1) is 8.31. The van der Waals surface area contributed by atoms with E-state index in [1.165, 1.54) is 24.2 Å². The molecule has 2 rings (SSSR count). The summed E-state index contributed by atoms with van der Waals surface area (Å²) in [7, 11) is 0. The predicted octanol–water partition coefficient (Wildman–Crippen LogP) is 1.68. The van der Waals surface area contributed by atoms with Crippen LogP contribution in [0.25, 0.3) is 0 Å². The Labute approximate surface area is 78.0 Å².